The molecule has 1 spiro atoms. The molecule has 1 saturated carbocycles. The molecule has 0 aromatic rings. The van der Waals surface area contributed by atoms with Gasteiger partial charge in [0.15, 0.2) is 0 Å². The second kappa shape index (κ2) is 6.25. The predicted molar refractivity (Wildman–Crippen MR) is 85.0 cm³/mol. The molecule has 3 aliphatic rings. The van der Waals surface area contributed by atoms with Crippen LogP contribution in [-0.2, 0) is 4.79 Å². The van der Waals surface area contributed by atoms with Gasteiger partial charge in [0.2, 0.25) is 5.91 Å². The Balaban J connectivity index is 1.67. The Hall–Kier alpha value is -0.610. The average molecular weight is 293 g/mol. The van der Waals surface area contributed by atoms with Crippen LogP contribution in [0.3, 0.4) is 0 Å². The van der Waals surface area contributed by atoms with Gasteiger partial charge in [-0.05, 0) is 58.2 Å². The fraction of sp³-hybridized carbons (Fsp3) is 0.941. The molecule has 0 radical (unpaired) electrons. The van der Waals surface area contributed by atoms with E-state index >= 15 is 0 Å². The summed E-state index contributed by atoms with van der Waals surface area (Å²) in [5.74, 6) is 1.11. The summed E-state index contributed by atoms with van der Waals surface area (Å²) in [7, 11) is 2.20. The maximum absolute atomic E-state index is 13.0. The Morgan fingerprint density at radius 1 is 1.24 bits per heavy atom. The number of amides is 1. The van der Waals surface area contributed by atoms with Gasteiger partial charge in [-0.25, -0.2) is 0 Å². The highest BCUT2D eigenvalue weighted by Crippen LogP contribution is 2.38. The molecule has 1 atom stereocenters. The molecule has 3 rings (SSSR count). The van der Waals surface area contributed by atoms with Crippen molar-refractivity contribution in [3.63, 3.8) is 0 Å². The lowest BCUT2D eigenvalue weighted by atomic mass is 9.95. The Labute approximate surface area is 129 Å². The summed E-state index contributed by atoms with van der Waals surface area (Å²) in [6, 6.07) is 0. The van der Waals surface area contributed by atoms with Crippen molar-refractivity contribution in [2.24, 2.45) is 5.92 Å². The van der Waals surface area contributed by atoms with Gasteiger partial charge in [0.05, 0.1) is 11.7 Å². The summed E-state index contributed by atoms with van der Waals surface area (Å²) in [5.41, 5.74) is -0.189. The molecular weight excluding hydrogens is 262 g/mol. The normalized spacial score (nSPS) is 30.7. The van der Waals surface area contributed by atoms with Crippen molar-refractivity contribution in [3.8, 4) is 0 Å². The summed E-state index contributed by atoms with van der Waals surface area (Å²) in [6.45, 7) is 5.57. The number of rotatable bonds is 4. The van der Waals surface area contributed by atoms with Crippen molar-refractivity contribution < 1.29 is 4.79 Å². The molecule has 2 saturated heterocycles. The SMILES string of the molecule is CCCC1NC2(CCCC2)C(=O)N1CC1CCN(C)CC1. The molecule has 4 heteroatoms. The van der Waals surface area contributed by atoms with E-state index in [1.54, 1.807) is 0 Å². The van der Waals surface area contributed by atoms with Crippen molar-refractivity contribution in [2.75, 3.05) is 26.7 Å². The van der Waals surface area contributed by atoms with Crippen molar-refractivity contribution in [2.45, 2.75) is 70.0 Å². The van der Waals surface area contributed by atoms with Gasteiger partial charge in [0, 0.05) is 6.54 Å². The van der Waals surface area contributed by atoms with Crippen molar-refractivity contribution in [1.29, 1.82) is 0 Å². The third-order valence-electron chi connectivity index (χ3n) is 5.80. The first kappa shape index (κ1) is 15.3. The van der Waals surface area contributed by atoms with E-state index in [9.17, 15) is 4.79 Å². The fourth-order valence-electron chi connectivity index (χ4n) is 4.45. The zero-order valence-corrected chi connectivity index (χ0v) is 13.7. The minimum atomic E-state index is -0.189. The minimum Gasteiger partial charge on any atom is -0.325 e. The van der Waals surface area contributed by atoms with Gasteiger partial charge in [-0.1, -0.05) is 26.2 Å². The molecule has 21 heavy (non-hydrogen) atoms. The number of carbonyl (C=O) groups excluding carboxylic acids is 1. The molecule has 0 aromatic heterocycles. The van der Waals surface area contributed by atoms with Crippen LogP contribution in [0.2, 0.25) is 0 Å². The topological polar surface area (TPSA) is 35.6 Å². The number of nitrogens with zero attached hydrogens (tertiary/aromatic N) is 2. The van der Waals surface area contributed by atoms with Crippen molar-refractivity contribution in [1.82, 2.24) is 15.1 Å². The average Bonchev–Trinajstić information content (AvgIpc) is 3.04. The smallest absolute Gasteiger partial charge is 0.244 e. The van der Waals surface area contributed by atoms with Crippen LogP contribution in [0, 0.1) is 5.92 Å². The molecule has 1 N–H and O–H groups in total. The predicted octanol–water partition coefficient (Wildman–Crippen LogP) is 2.20. The van der Waals surface area contributed by atoms with Crippen LogP contribution in [0.15, 0.2) is 0 Å². The second-order valence-electron chi connectivity index (χ2n) is 7.44. The molecule has 0 aromatic carbocycles. The highest BCUT2D eigenvalue weighted by Gasteiger charge is 2.52. The summed E-state index contributed by atoms with van der Waals surface area (Å²) in [4.78, 5) is 17.6. The highest BCUT2D eigenvalue weighted by molar-refractivity contribution is 5.89. The number of likely N-dealkylation sites (tertiary alicyclic amines) is 1. The largest absolute Gasteiger partial charge is 0.325 e. The van der Waals surface area contributed by atoms with E-state index in [1.165, 1.54) is 38.8 Å². The van der Waals surface area contributed by atoms with E-state index in [1.807, 2.05) is 0 Å². The van der Waals surface area contributed by atoms with Crippen LogP contribution >= 0.6 is 0 Å². The number of hydrogen-bond acceptors (Lipinski definition) is 3. The molecule has 2 heterocycles. The maximum atomic E-state index is 13.0. The zero-order chi connectivity index (χ0) is 14.9. The Morgan fingerprint density at radius 3 is 2.52 bits per heavy atom. The molecule has 1 aliphatic carbocycles. The molecule has 2 aliphatic heterocycles. The second-order valence-corrected chi connectivity index (χ2v) is 7.44. The Morgan fingerprint density at radius 2 is 1.90 bits per heavy atom. The van der Waals surface area contributed by atoms with Crippen LogP contribution < -0.4 is 5.32 Å². The lowest BCUT2D eigenvalue weighted by molar-refractivity contribution is -0.134. The zero-order valence-electron chi connectivity index (χ0n) is 13.7. The van der Waals surface area contributed by atoms with E-state index in [0.717, 1.165) is 32.2 Å². The van der Waals surface area contributed by atoms with Gasteiger partial charge < -0.3 is 9.80 Å². The van der Waals surface area contributed by atoms with E-state index in [-0.39, 0.29) is 5.54 Å². The Bertz CT molecular complexity index is 370. The first-order valence-electron chi connectivity index (χ1n) is 8.92. The molecule has 0 bridgehead atoms. The van der Waals surface area contributed by atoms with Crippen LogP contribution in [0.25, 0.3) is 0 Å². The fourth-order valence-corrected chi connectivity index (χ4v) is 4.45. The Kier molecular flexibility index (Phi) is 4.55. The van der Waals surface area contributed by atoms with E-state index in [4.69, 9.17) is 0 Å². The summed E-state index contributed by atoms with van der Waals surface area (Å²) < 4.78 is 0. The van der Waals surface area contributed by atoms with E-state index in [2.05, 4.69) is 29.1 Å². The standard InChI is InChI=1S/C17H31N3O/c1-3-6-15-18-17(9-4-5-10-17)16(21)20(15)13-14-7-11-19(2)12-8-14/h14-15,18H,3-13H2,1-2H3. The lowest BCUT2D eigenvalue weighted by Crippen LogP contribution is -2.45. The number of carbonyl (C=O) groups is 1. The first-order chi connectivity index (χ1) is 10.1. The molecule has 3 fully saturated rings. The van der Waals surface area contributed by atoms with Crippen LogP contribution in [0.1, 0.15) is 58.3 Å². The van der Waals surface area contributed by atoms with Gasteiger partial charge in [-0.15, -0.1) is 0 Å². The van der Waals surface area contributed by atoms with Gasteiger partial charge >= 0.3 is 0 Å². The lowest BCUT2D eigenvalue weighted by Gasteiger charge is -2.33. The van der Waals surface area contributed by atoms with Gasteiger partial charge in [-0.3, -0.25) is 10.1 Å². The van der Waals surface area contributed by atoms with Gasteiger partial charge in [0.25, 0.3) is 0 Å². The van der Waals surface area contributed by atoms with E-state index < -0.39 is 0 Å². The third-order valence-corrected chi connectivity index (χ3v) is 5.80. The van der Waals surface area contributed by atoms with Gasteiger partial charge in [0.1, 0.15) is 0 Å². The van der Waals surface area contributed by atoms with Crippen LogP contribution in [-0.4, -0.2) is 54.1 Å². The monoisotopic (exact) mass is 293 g/mol. The quantitative estimate of drug-likeness (QED) is 0.863. The summed E-state index contributed by atoms with van der Waals surface area (Å²) >= 11 is 0. The highest BCUT2D eigenvalue weighted by atomic mass is 16.2. The molecular formula is C17H31N3O. The van der Waals surface area contributed by atoms with Crippen LogP contribution in [0.5, 0.6) is 0 Å². The van der Waals surface area contributed by atoms with Crippen molar-refractivity contribution in [3.05, 3.63) is 0 Å². The number of hydrogen-bond donors (Lipinski definition) is 1. The molecule has 1 amide bonds. The summed E-state index contributed by atoms with van der Waals surface area (Å²) in [6.07, 6.45) is 9.54. The molecule has 1 unspecified atom stereocenters. The third kappa shape index (κ3) is 2.98. The first-order valence-corrected chi connectivity index (χ1v) is 8.92. The summed E-state index contributed by atoms with van der Waals surface area (Å²) in [5, 5.41) is 3.73. The number of piperidine rings is 1. The minimum absolute atomic E-state index is 0.189. The molecule has 4 nitrogen and oxygen atoms in total. The van der Waals surface area contributed by atoms with Crippen LogP contribution in [0.4, 0.5) is 0 Å². The van der Waals surface area contributed by atoms with Crippen molar-refractivity contribution >= 4 is 5.91 Å². The van der Waals surface area contributed by atoms with Gasteiger partial charge in [-0.2, -0.15) is 0 Å². The maximum Gasteiger partial charge on any atom is 0.244 e. The molecule has 120 valence electrons. The van der Waals surface area contributed by atoms with E-state index in [0.29, 0.717) is 18.0 Å². The number of nitrogens with one attached hydrogen (secondary N) is 1.